The van der Waals surface area contributed by atoms with Crippen molar-refractivity contribution in [3.05, 3.63) is 18.2 Å². The van der Waals surface area contributed by atoms with Crippen molar-refractivity contribution < 1.29 is 14.3 Å². The molecule has 0 aliphatic carbocycles. The van der Waals surface area contributed by atoms with Crippen LogP contribution in [0.25, 0.3) is 0 Å². The molecule has 0 atom stereocenters. The van der Waals surface area contributed by atoms with Gasteiger partial charge in [0.25, 0.3) is 0 Å². The van der Waals surface area contributed by atoms with E-state index in [0.29, 0.717) is 17.1 Å². The Hall–Kier alpha value is -2.97. The predicted molar refractivity (Wildman–Crippen MR) is 80.7 cm³/mol. The van der Waals surface area contributed by atoms with Gasteiger partial charge in [0, 0.05) is 6.07 Å². The minimum absolute atomic E-state index is 0.0943. The van der Waals surface area contributed by atoms with E-state index in [0.717, 1.165) is 0 Å². The van der Waals surface area contributed by atoms with Gasteiger partial charge in [0.1, 0.15) is 5.75 Å². The van der Waals surface area contributed by atoms with Crippen LogP contribution in [0.4, 0.5) is 16.2 Å². The van der Waals surface area contributed by atoms with Crippen LogP contribution in [0.3, 0.4) is 0 Å². The van der Waals surface area contributed by atoms with E-state index in [4.69, 9.17) is 26.7 Å². The second-order valence-electron chi connectivity index (χ2n) is 3.74. The molecule has 7 N–H and O–H groups in total. The zero-order valence-electron chi connectivity index (χ0n) is 11.8. The number of nitrogens with zero attached hydrogens (tertiary/aromatic N) is 2. The topological polar surface area (TPSA) is 150 Å². The number of anilines is 1. The molecule has 0 radical (unpaired) electrons. The first-order chi connectivity index (χ1) is 9.96. The van der Waals surface area contributed by atoms with E-state index in [9.17, 15) is 4.79 Å². The maximum absolute atomic E-state index is 11.4. The zero-order valence-corrected chi connectivity index (χ0v) is 11.8. The smallest absolute Gasteiger partial charge is 0.411 e. The average Bonchev–Trinajstić information content (AvgIpc) is 2.39. The number of carbonyl (C=O) groups is 1. The number of hydrogen-bond acceptors (Lipinski definition) is 4. The Labute approximate surface area is 121 Å². The van der Waals surface area contributed by atoms with Gasteiger partial charge in [0.05, 0.1) is 25.1 Å². The molecule has 1 aromatic rings. The van der Waals surface area contributed by atoms with Crippen molar-refractivity contribution in [3.63, 3.8) is 0 Å². The minimum atomic E-state index is -0.577. The van der Waals surface area contributed by atoms with E-state index in [1.807, 2.05) is 0 Å². The number of amides is 1. The van der Waals surface area contributed by atoms with Gasteiger partial charge in [-0.25, -0.2) is 9.79 Å². The molecule has 0 aromatic heterocycles. The number of benzene rings is 1. The Kier molecular flexibility index (Phi) is 5.80. The van der Waals surface area contributed by atoms with Gasteiger partial charge in [-0.05, 0) is 19.1 Å². The Morgan fingerprint density at radius 2 is 2.05 bits per heavy atom. The number of nitrogens with two attached hydrogens (primary N) is 3. The maximum Gasteiger partial charge on any atom is 0.411 e. The monoisotopic (exact) mass is 294 g/mol. The average molecular weight is 294 g/mol. The molecule has 9 nitrogen and oxygen atoms in total. The van der Waals surface area contributed by atoms with Crippen LogP contribution in [-0.4, -0.2) is 31.7 Å². The molecule has 1 rings (SSSR count). The molecule has 0 saturated carbocycles. The van der Waals surface area contributed by atoms with Crippen LogP contribution in [0.2, 0.25) is 0 Å². The first kappa shape index (κ1) is 16.1. The SMILES string of the molecule is CCOC(=O)Nc1ccc(N=C(N)N=C(N)N)cc1OC. The molecule has 0 spiro atoms. The molecular formula is C12H18N6O3. The lowest BCUT2D eigenvalue weighted by atomic mass is 10.2. The largest absolute Gasteiger partial charge is 0.494 e. The summed E-state index contributed by atoms with van der Waals surface area (Å²) in [7, 11) is 1.46. The van der Waals surface area contributed by atoms with Crippen LogP contribution in [0.15, 0.2) is 28.2 Å². The van der Waals surface area contributed by atoms with E-state index in [1.54, 1.807) is 25.1 Å². The molecule has 0 saturated heterocycles. The summed E-state index contributed by atoms with van der Waals surface area (Å²) in [5, 5.41) is 2.54. The van der Waals surface area contributed by atoms with Crippen molar-refractivity contribution in [1.29, 1.82) is 0 Å². The summed E-state index contributed by atoms with van der Waals surface area (Å²) in [4.78, 5) is 19.0. The lowest BCUT2D eigenvalue weighted by Gasteiger charge is -2.10. The molecule has 114 valence electrons. The summed E-state index contributed by atoms with van der Waals surface area (Å²) in [5.41, 5.74) is 16.8. The standard InChI is InChI=1S/C12H18N6O3/c1-3-21-12(19)17-8-5-4-7(6-9(8)20-2)16-11(15)18-10(13)14/h4-6H,3H2,1-2H3,(H,17,19)(H6,13,14,15,16,18). The van der Waals surface area contributed by atoms with Crippen molar-refractivity contribution in [3.8, 4) is 5.75 Å². The summed E-state index contributed by atoms with van der Waals surface area (Å²) in [6.07, 6.45) is -0.577. The molecule has 1 aromatic carbocycles. The second-order valence-corrected chi connectivity index (χ2v) is 3.74. The molecular weight excluding hydrogens is 276 g/mol. The van der Waals surface area contributed by atoms with Crippen LogP contribution in [0, 0.1) is 0 Å². The number of hydrogen-bond donors (Lipinski definition) is 4. The highest BCUT2D eigenvalue weighted by atomic mass is 16.5. The molecule has 0 unspecified atom stereocenters. The van der Waals surface area contributed by atoms with Gasteiger partial charge in [-0.3, -0.25) is 5.32 Å². The lowest BCUT2D eigenvalue weighted by Crippen LogP contribution is -2.26. The number of guanidine groups is 2. The fraction of sp³-hybridized carbons (Fsp3) is 0.250. The predicted octanol–water partition coefficient (Wildman–Crippen LogP) is 0.483. The quantitative estimate of drug-likeness (QED) is 0.468. The number of ether oxygens (including phenoxy) is 2. The first-order valence-corrected chi connectivity index (χ1v) is 6.01. The third-order valence-corrected chi connectivity index (χ3v) is 2.18. The fourth-order valence-corrected chi connectivity index (χ4v) is 1.42. The van der Waals surface area contributed by atoms with Crippen molar-refractivity contribution in [1.82, 2.24) is 0 Å². The summed E-state index contributed by atoms with van der Waals surface area (Å²) >= 11 is 0. The molecule has 0 heterocycles. The van der Waals surface area contributed by atoms with E-state index < -0.39 is 6.09 Å². The van der Waals surface area contributed by atoms with E-state index in [1.165, 1.54) is 7.11 Å². The zero-order chi connectivity index (χ0) is 15.8. The number of methoxy groups -OCH3 is 1. The first-order valence-electron chi connectivity index (χ1n) is 6.01. The van der Waals surface area contributed by atoms with Crippen LogP contribution in [0.5, 0.6) is 5.75 Å². The van der Waals surface area contributed by atoms with Gasteiger partial charge >= 0.3 is 6.09 Å². The van der Waals surface area contributed by atoms with Crippen LogP contribution < -0.4 is 27.3 Å². The highest BCUT2D eigenvalue weighted by Crippen LogP contribution is 2.29. The van der Waals surface area contributed by atoms with Crippen molar-refractivity contribution in [2.24, 2.45) is 27.2 Å². The summed E-state index contributed by atoms with van der Waals surface area (Å²) in [6, 6.07) is 4.77. The molecule has 1 amide bonds. The number of aliphatic imine (C=N–C) groups is 2. The minimum Gasteiger partial charge on any atom is -0.494 e. The fourth-order valence-electron chi connectivity index (χ4n) is 1.42. The van der Waals surface area contributed by atoms with E-state index in [2.05, 4.69) is 15.3 Å². The van der Waals surface area contributed by atoms with Gasteiger partial charge in [-0.15, -0.1) is 0 Å². The Morgan fingerprint density at radius 1 is 1.33 bits per heavy atom. The highest BCUT2D eigenvalue weighted by Gasteiger charge is 2.08. The van der Waals surface area contributed by atoms with Gasteiger partial charge in [0.15, 0.2) is 5.96 Å². The lowest BCUT2D eigenvalue weighted by molar-refractivity contribution is 0.168. The Morgan fingerprint density at radius 3 is 2.62 bits per heavy atom. The van der Waals surface area contributed by atoms with Gasteiger partial charge in [0.2, 0.25) is 5.96 Å². The third kappa shape index (κ3) is 5.27. The van der Waals surface area contributed by atoms with E-state index in [-0.39, 0.29) is 18.5 Å². The molecule has 0 fully saturated rings. The van der Waals surface area contributed by atoms with Gasteiger partial charge < -0.3 is 26.7 Å². The van der Waals surface area contributed by atoms with Crippen LogP contribution >= 0.6 is 0 Å². The normalized spacial score (nSPS) is 10.7. The Balaban J connectivity index is 2.98. The highest BCUT2D eigenvalue weighted by molar-refractivity contribution is 5.94. The molecule has 21 heavy (non-hydrogen) atoms. The summed E-state index contributed by atoms with van der Waals surface area (Å²) < 4.78 is 9.95. The third-order valence-electron chi connectivity index (χ3n) is 2.18. The second kappa shape index (κ2) is 7.58. The van der Waals surface area contributed by atoms with Crippen LogP contribution in [-0.2, 0) is 4.74 Å². The van der Waals surface area contributed by atoms with Gasteiger partial charge in [-0.2, -0.15) is 4.99 Å². The van der Waals surface area contributed by atoms with Crippen molar-refractivity contribution >= 4 is 29.4 Å². The Bertz CT molecular complexity index is 566. The number of carbonyl (C=O) groups excluding carboxylic acids is 1. The molecule has 0 aliphatic heterocycles. The molecule has 9 heteroatoms. The molecule has 0 aliphatic rings. The number of rotatable bonds is 4. The summed E-state index contributed by atoms with van der Waals surface area (Å²) in [5.74, 6) is 0.105. The van der Waals surface area contributed by atoms with Crippen molar-refractivity contribution in [2.45, 2.75) is 6.92 Å². The van der Waals surface area contributed by atoms with E-state index >= 15 is 0 Å². The molecule has 0 bridgehead atoms. The van der Waals surface area contributed by atoms with Crippen molar-refractivity contribution in [2.75, 3.05) is 19.0 Å². The summed E-state index contributed by atoms with van der Waals surface area (Å²) in [6.45, 7) is 1.98. The van der Waals surface area contributed by atoms with Crippen LogP contribution in [0.1, 0.15) is 6.92 Å². The maximum atomic E-state index is 11.4. The number of nitrogens with one attached hydrogen (secondary N) is 1. The van der Waals surface area contributed by atoms with Gasteiger partial charge in [-0.1, -0.05) is 0 Å².